The van der Waals surface area contributed by atoms with E-state index in [4.69, 9.17) is 0 Å². The number of hydrogen-bond donors (Lipinski definition) is 2. The summed E-state index contributed by atoms with van der Waals surface area (Å²) in [6.45, 7) is 4.70. The van der Waals surface area contributed by atoms with Gasteiger partial charge in [-0.25, -0.2) is 9.97 Å². The van der Waals surface area contributed by atoms with Crippen LogP contribution in [0.1, 0.15) is 23.4 Å². The molecule has 2 unspecified atom stereocenters. The smallest absolute Gasteiger partial charge is 0.243 e. The average Bonchev–Trinajstić information content (AvgIpc) is 2.98. The minimum absolute atomic E-state index is 0.134. The van der Waals surface area contributed by atoms with E-state index < -0.39 is 12.1 Å². The number of nitrogens with one attached hydrogen (secondary N) is 1. The Hall–Kier alpha value is -2.54. The molecule has 24 heavy (non-hydrogen) atoms. The van der Waals surface area contributed by atoms with Crippen molar-refractivity contribution >= 4 is 11.7 Å². The van der Waals surface area contributed by atoms with Gasteiger partial charge >= 0.3 is 0 Å². The van der Waals surface area contributed by atoms with Crippen LogP contribution in [0.3, 0.4) is 0 Å². The number of β-amino-alcohol motifs (C(OH)–C–C–N with tert-alkyl or cyclic N) is 1. The molecule has 0 aliphatic carbocycles. The molecule has 0 spiro atoms. The maximum atomic E-state index is 12.6. The number of aromatic nitrogens is 3. The number of carbonyl (C=O) groups excluding carboxylic acids is 1. The molecule has 1 fully saturated rings. The molecule has 0 aromatic carbocycles. The number of pyridine rings is 1. The Bertz CT molecular complexity index is 722. The lowest BCUT2D eigenvalue weighted by Crippen LogP contribution is -2.43. The van der Waals surface area contributed by atoms with Crippen LogP contribution in [0.15, 0.2) is 30.7 Å². The van der Waals surface area contributed by atoms with Crippen molar-refractivity contribution in [3.63, 3.8) is 0 Å². The van der Waals surface area contributed by atoms with Crippen molar-refractivity contribution in [2.45, 2.75) is 39.0 Å². The molecule has 1 aliphatic rings. The van der Waals surface area contributed by atoms with E-state index in [0.717, 1.165) is 17.0 Å². The minimum atomic E-state index is -0.546. The Balaban J connectivity index is 1.67. The zero-order valence-corrected chi connectivity index (χ0v) is 13.8. The second-order valence-electron chi connectivity index (χ2n) is 6.05. The largest absolute Gasteiger partial charge is 0.391 e. The van der Waals surface area contributed by atoms with Gasteiger partial charge in [0.2, 0.25) is 5.91 Å². The number of carbonyl (C=O) groups is 1. The Morgan fingerprint density at radius 3 is 2.92 bits per heavy atom. The third-order valence-corrected chi connectivity index (χ3v) is 4.29. The number of nitrogens with zero attached hydrogens (tertiary/aromatic N) is 4. The maximum absolute atomic E-state index is 12.6. The molecule has 3 rings (SSSR count). The number of hydrogen-bond acceptors (Lipinski definition) is 6. The number of amides is 1. The fourth-order valence-electron chi connectivity index (χ4n) is 2.85. The predicted molar refractivity (Wildman–Crippen MR) is 89.3 cm³/mol. The Labute approximate surface area is 140 Å². The standard InChI is InChI=1S/C17H21N5O2/c1-11-3-4-13(21-12(11)2)8-19-17(24)15-7-14(23)9-22(15)16-5-6-18-10-20-16/h3-6,10,14-15,23H,7-9H2,1-2H3,(H,19,24). The van der Waals surface area contributed by atoms with Gasteiger partial charge in [0, 0.05) is 24.9 Å². The van der Waals surface area contributed by atoms with Gasteiger partial charge in [0.1, 0.15) is 18.2 Å². The number of anilines is 1. The minimum Gasteiger partial charge on any atom is -0.391 e. The molecule has 1 saturated heterocycles. The molecule has 7 nitrogen and oxygen atoms in total. The highest BCUT2D eigenvalue weighted by Crippen LogP contribution is 2.23. The third kappa shape index (κ3) is 3.51. The van der Waals surface area contributed by atoms with E-state index in [9.17, 15) is 9.90 Å². The molecule has 0 bridgehead atoms. The van der Waals surface area contributed by atoms with Crippen LogP contribution in [-0.4, -0.2) is 44.7 Å². The van der Waals surface area contributed by atoms with Crippen molar-refractivity contribution in [3.8, 4) is 0 Å². The van der Waals surface area contributed by atoms with Crippen molar-refractivity contribution in [2.75, 3.05) is 11.4 Å². The van der Waals surface area contributed by atoms with Gasteiger partial charge in [-0.3, -0.25) is 9.78 Å². The lowest BCUT2D eigenvalue weighted by molar-refractivity contribution is -0.122. The SMILES string of the molecule is Cc1ccc(CNC(=O)C2CC(O)CN2c2ccncn2)nc1C. The second kappa shape index (κ2) is 6.92. The van der Waals surface area contributed by atoms with E-state index in [1.165, 1.54) is 6.33 Å². The molecule has 126 valence electrons. The zero-order valence-electron chi connectivity index (χ0n) is 13.8. The second-order valence-corrected chi connectivity index (χ2v) is 6.05. The van der Waals surface area contributed by atoms with Crippen molar-refractivity contribution in [1.29, 1.82) is 0 Å². The fraction of sp³-hybridized carbons (Fsp3) is 0.412. The molecule has 2 aromatic heterocycles. The number of rotatable bonds is 4. The summed E-state index contributed by atoms with van der Waals surface area (Å²) in [6, 6.07) is 5.20. The first-order valence-corrected chi connectivity index (χ1v) is 7.96. The molecule has 1 amide bonds. The topological polar surface area (TPSA) is 91.2 Å². The van der Waals surface area contributed by atoms with E-state index in [2.05, 4.69) is 20.3 Å². The summed E-state index contributed by atoms with van der Waals surface area (Å²) in [6.07, 6.45) is 2.90. The predicted octanol–water partition coefficient (Wildman–Crippen LogP) is 0.744. The highest BCUT2D eigenvalue weighted by molar-refractivity contribution is 5.85. The summed E-state index contributed by atoms with van der Waals surface area (Å²) in [4.78, 5) is 26.9. The van der Waals surface area contributed by atoms with Crippen molar-refractivity contribution < 1.29 is 9.90 Å². The number of aliphatic hydroxyl groups is 1. The molecular formula is C17H21N5O2. The van der Waals surface area contributed by atoms with Gasteiger partial charge < -0.3 is 15.3 Å². The van der Waals surface area contributed by atoms with Crippen molar-refractivity contribution in [3.05, 3.63) is 47.7 Å². The van der Waals surface area contributed by atoms with Gasteiger partial charge in [0.15, 0.2) is 0 Å². The van der Waals surface area contributed by atoms with Crippen molar-refractivity contribution in [1.82, 2.24) is 20.3 Å². The van der Waals surface area contributed by atoms with E-state index in [0.29, 0.717) is 25.3 Å². The van der Waals surface area contributed by atoms with Crippen LogP contribution in [0.25, 0.3) is 0 Å². The van der Waals surface area contributed by atoms with E-state index in [1.807, 2.05) is 30.9 Å². The molecular weight excluding hydrogens is 306 g/mol. The first kappa shape index (κ1) is 16.3. The average molecular weight is 327 g/mol. The molecule has 1 aliphatic heterocycles. The molecule has 2 aromatic rings. The number of aliphatic hydroxyl groups excluding tert-OH is 1. The summed E-state index contributed by atoms with van der Waals surface area (Å²) in [5, 5.41) is 12.9. The normalized spacial score (nSPS) is 20.2. The van der Waals surface area contributed by atoms with Crippen LogP contribution in [0.2, 0.25) is 0 Å². The van der Waals surface area contributed by atoms with Crippen LogP contribution in [0, 0.1) is 13.8 Å². The quantitative estimate of drug-likeness (QED) is 0.861. The first-order chi connectivity index (χ1) is 11.5. The van der Waals surface area contributed by atoms with E-state index in [1.54, 1.807) is 12.3 Å². The van der Waals surface area contributed by atoms with Crippen LogP contribution in [0.4, 0.5) is 5.82 Å². The van der Waals surface area contributed by atoms with Gasteiger partial charge in [-0.1, -0.05) is 6.07 Å². The lowest BCUT2D eigenvalue weighted by atomic mass is 10.1. The summed E-state index contributed by atoms with van der Waals surface area (Å²) in [7, 11) is 0. The monoisotopic (exact) mass is 327 g/mol. The van der Waals surface area contributed by atoms with Gasteiger partial charge in [0.05, 0.1) is 18.3 Å². The van der Waals surface area contributed by atoms with Gasteiger partial charge in [-0.2, -0.15) is 0 Å². The lowest BCUT2D eigenvalue weighted by Gasteiger charge is -2.24. The molecule has 0 radical (unpaired) electrons. The van der Waals surface area contributed by atoms with Crippen LogP contribution in [0.5, 0.6) is 0 Å². The van der Waals surface area contributed by atoms with E-state index >= 15 is 0 Å². The number of aryl methyl sites for hydroxylation is 2. The summed E-state index contributed by atoms with van der Waals surface area (Å²) in [5.41, 5.74) is 2.90. The Kier molecular flexibility index (Phi) is 4.71. The third-order valence-electron chi connectivity index (χ3n) is 4.29. The Morgan fingerprint density at radius 1 is 1.38 bits per heavy atom. The highest BCUT2D eigenvalue weighted by atomic mass is 16.3. The first-order valence-electron chi connectivity index (χ1n) is 7.96. The van der Waals surface area contributed by atoms with Gasteiger partial charge in [0.25, 0.3) is 0 Å². The summed E-state index contributed by atoms with van der Waals surface area (Å²) < 4.78 is 0. The van der Waals surface area contributed by atoms with Gasteiger partial charge in [-0.15, -0.1) is 0 Å². The van der Waals surface area contributed by atoms with Crippen molar-refractivity contribution in [2.24, 2.45) is 0 Å². The molecule has 7 heteroatoms. The molecule has 2 atom stereocenters. The van der Waals surface area contributed by atoms with Gasteiger partial charge in [-0.05, 0) is 31.5 Å². The van der Waals surface area contributed by atoms with Crippen LogP contribution < -0.4 is 10.2 Å². The molecule has 0 saturated carbocycles. The van der Waals surface area contributed by atoms with Crippen LogP contribution in [-0.2, 0) is 11.3 Å². The van der Waals surface area contributed by atoms with Crippen LogP contribution >= 0.6 is 0 Å². The Morgan fingerprint density at radius 2 is 2.21 bits per heavy atom. The molecule has 2 N–H and O–H groups in total. The maximum Gasteiger partial charge on any atom is 0.243 e. The molecule has 3 heterocycles. The zero-order chi connectivity index (χ0) is 17.1. The van der Waals surface area contributed by atoms with E-state index in [-0.39, 0.29) is 5.91 Å². The fourth-order valence-corrected chi connectivity index (χ4v) is 2.85. The highest BCUT2D eigenvalue weighted by Gasteiger charge is 2.36. The summed E-state index contributed by atoms with van der Waals surface area (Å²) >= 11 is 0. The summed E-state index contributed by atoms with van der Waals surface area (Å²) in [5.74, 6) is 0.510.